The normalized spacial score (nSPS) is 14.6. The smallest absolute Gasteiger partial charge is 0.141 e. The molecule has 0 fully saturated rings. The van der Waals surface area contributed by atoms with Crippen molar-refractivity contribution >= 4 is 11.5 Å². The molecule has 0 bridgehead atoms. The number of hydrogen-bond donors (Lipinski definition) is 3. The second kappa shape index (κ2) is 9.80. The predicted molar refractivity (Wildman–Crippen MR) is 122 cm³/mol. The zero-order valence-corrected chi connectivity index (χ0v) is 18.1. The lowest BCUT2D eigenvalue weighted by molar-refractivity contribution is 0.255. The van der Waals surface area contributed by atoms with Crippen LogP contribution >= 0.6 is 0 Å². The van der Waals surface area contributed by atoms with E-state index >= 15 is 0 Å². The molecule has 0 saturated carbocycles. The van der Waals surface area contributed by atoms with Gasteiger partial charge >= 0.3 is 0 Å². The number of halogens is 1. The molecule has 1 aromatic heterocycles. The molecule has 2 aromatic carbocycles. The molecule has 0 spiro atoms. The van der Waals surface area contributed by atoms with Crippen molar-refractivity contribution in [1.82, 2.24) is 20.4 Å². The second-order valence-corrected chi connectivity index (χ2v) is 7.75. The first-order valence-corrected chi connectivity index (χ1v) is 10.4. The van der Waals surface area contributed by atoms with Crippen LogP contribution in [0.15, 0.2) is 60.0 Å². The fourth-order valence-corrected chi connectivity index (χ4v) is 3.52. The van der Waals surface area contributed by atoms with Gasteiger partial charge in [-0.2, -0.15) is 10.2 Å². The molecule has 4 rings (SSSR count). The molecular formula is C23H27FN6O2. The van der Waals surface area contributed by atoms with Crippen LogP contribution in [0.25, 0.3) is 11.1 Å². The zero-order valence-electron chi connectivity index (χ0n) is 18.1. The number of hydrogen-bond acceptors (Lipinski definition) is 7. The molecule has 0 radical (unpaired) electrons. The molecule has 3 aromatic rings. The lowest BCUT2D eigenvalue weighted by Crippen LogP contribution is -2.40. The maximum atomic E-state index is 14.0. The molecule has 0 aliphatic carbocycles. The van der Waals surface area contributed by atoms with Gasteiger partial charge in [-0.25, -0.2) is 9.40 Å². The molecule has 0 saturated heterocycles. The standard InChI is InChI=1S/C23H27FN6O2/c1-16(14-31)25-12-23-28-30(21-5-3-18(4-6-21)19-10-26-27-11-19)15-29(23)13-17-7-20(24)9-22(8-17)32-2/h3-11,16,25,31H,12-15H2,1-2H3,(H,26,27). The van der Waals surface area contributed by atoms with Crippen LogP contribution in [0, 0.1) is 5.82 Å². The van der Waals surface area contributed by atoms with Crippen molar-refractivity contribution in [1.29, 1.82) is 0 Å². The number of rotatable bonds is 9. The highest BCUT2D eigenvalue weighted by Crippen LogP contribution is 2.26. The quantitative estimate of drug-likeness (QED) is 0.476. The number of nitrogens with one attached hydrogen (secondary N) is 2. The average Bonchev–Trinajstić information content (AvgIpc) is 3.47. The molecule has 1 aliphatic heterocycles. The van der Waals surface area contributed by atoms with E-state index in [1.807, 2.05) is 48.5 Å². The molecule has 1 aliphatic rings. The first kappa shape index (κ1) is 21.8. The molecule has 8 nitrogen and oxygen atoms in total. The zero-order chi connectivity index (χ0) is 22.5. The highest BCUT2D eigenvalue weighted by Gasteiger charge is 2.24. The molecule has 0 amide bonds. The molecule has 1 atom stereocenters. The Hall–Kier alpha value is -3.43. The van der Waals surface area contributed by atoms with Gasteiger partial charge in [0.15, 0.2) is 0 Å². The van der Waals surface area contributed by atoms with Crippen molar-refractivity contribution in [3.8, 4) is 16.9 Å². The van der Waals surface area contributed by atoms with Gasteiger partial charge in [0.05, 0.1) is 32.1 Å². The van der Waals surface area contributed by atoms with Gasteiger partial charge in [0, 0.05) is 30.4 Å². The van der Waals surface area contributed by atoms with E-state index in [2.05, 4.69) is 20.4 Å². The third kappa shape index (κ3) is 5.06. The third-order valence-corrected chi connectivity index (χ3v) is 5.33. The number of aliphatic hydroxyl groups is 1. The Labute approximate surface area is 186 Å². The predicted octanol–water partition coefficient (Wildman–Crippen LogP) is 2.79. The number of aliphatic hydroxyl groups excluding tert-OH is 1. The van der Waals surface area contributed by atoms with E-state index in [0.29, 0.717) is 25.5 Å². The molecule has 32 heavy (non-hydrogen) atoms. The second-order valence-electron chi connectivity index (χ2n) is 7.75. The van der Waals surface area contributed by atoms with E-state index in [1.54, 1.807) is 6.20 Å². The van der Waals surface area contributed by atoms with E-state index < -0.39 is 0 Å². The Balaban J connectivity index is 1.54. The molecule has 2 heterocycles. The average molecular weight is 439 g/mol. The number of methoxy groups -OCH3 is 1. The Morgan fingerprint density at radius 2 is 2.03 bits per heavy atom. The van der Waals surface area contributed by atoms with Gasteiger partial charge in [0.2, 0.25) is 0 Å². The summed E-state index contributed by atoms with van der Waals surface area (Å²) in [6.07, 6.45) is 3.63. The van der Waals surface area contributed by atoms with Crippen LogP contribution in [0.1, 0.15) is 12.5 Å². The molecular weight excluding hydrogens is 411 g/mol. The van der Waals surface area contributed by atoms with Crippen LogP contribution in [0.3, 0.4) is 0 Å². The maximum absolute atomic E-state index is 14.0. The number of aromatic amines is 1. The van der Waals surface area contributed by atoms with Crippen molar-refractivity contribution in [2.45, 2.75) is 19.5 Å². The first-order chi connectivity index (χ1) is 15.6. The summed E-state index contributed by atoms with van der Waals surface area (Å²) in [5.41, 5.74) is 3.82. The minimum Gasteiger partial charge on any atom is -0.497 e. The molecule has 1 unspecified atom stereocenters. The van der Waals surface area contributed by atoms with Gasteiger partial charge in [0.1, 0.15) is 24.1 Å². The van der Waals surface area contributed by atoms with Gasteiger partial charge in [-0.3, -0.25) is 5.10 Å². The summed E-state index contributed by atoms with van der Waals surface area (Å²) in [7, 11) is 1.52. The van der Waals surface area contributed by atoms with Gasteiger partial charge in [0.25, 0.3) is 0 Å². The van der Waals surface area contributed by atoms with E-state index in [1.165, 1.54) is 19.2 Å². The minimum atomic E-state index is -0.337. The number of nitrogens with zero attached hydrogens (tertiary/aromatic N) is 4. The van der Waals surface area contributed by atoms with Crippen molar-refractivity contribution < 1.29 is 14.2 Å². The van der Waals surface area contributed by atoms with Crippen LogP contribution in [-0.2, 0) is 6.54 Å². The summed E-state index contributed by atoms with van der Waals surface area (Å²) in [5.74, 6) is 0.958. The van der Waals surface area contributed by atoms with Crippen LogP contribution in [0.4, 0.5) is 10.1 Å². The Morgan fingerprint density at radius 1 is 1.22 bits per heavy atom. The maximum Gasteiger partial charge on any atom is 0.141 e. The van der Waals surface area contributed by atoms with E-state index in [0.717, 1.165) is 28.2 Å². The van der Waals surface area contributed by atoms with Gasteiger partial charge in [-0.15, -0.1) is 0 Å². The van der Waals surface area contributed by atoms with Gasteiger partial charge < -0.3 is 20.1 Å². The number of hydrazone groups is 1. The summed E-state index contributed by atoms with van der Waals surface area (Å²) in [6, 6.07) is 12.7. The molecule has 9 heteroatoms. The lowest BCUT2D eigenvalue weighted by atomic mass is 10.1. The fraction of sp³-hybridized carbons (Fsp3) is 0.304. The fourth-order valence-electron chi connectivity index (χ4n) is 3.52. The summed E-state index contributed by atoms with van der Waals surface area (Å²) in [5, 5.41) is 26.1. The number of aromatic nitrogens is 2. The van der Waals surface area contributed by atoms with Crippen molar-refractivity contribution in [2.24, 2.45) is 5.10 Å². The van der Waals surface area contributed by atoms with Gasteiger partial charge in [-0.05, 0) is 42.3 Å². The highest BCUT2D eigenvalue weighted by molar-refractivity contribution is 5.87. The SMILES string of the molecule is COc1cc(F)cc(CN2CN(c3ccc(-c4cn[nH]c4)cc3)N=C2CNC(C)CO)c1. The van der Waals surface area contributed by atoms with Crippen LogP contribution in [0.2, 0.25) is 0 Å². The van der Waals surface area contributed by atoms with E-state index in [-0.39, 0.29) is 18.5 Å². The van der Waals surface area contributed by atoms with Crippen LogP contribution in [0.5, 0.6) is 5.75 Å². The number of ether oxygens (including phenoxy) is 1. The highest BCUT2D eigenvalue weighted by atomic mass is 19.1. The van der Waals surface area contributed by atoms with Crippen molar-refractivity contribution in [2.75, 3.05) is 31.9 Å². The number of anilines is 1. The first-order valence-electron chi connectivity index (χ1n) is 10.4. The Kier molecular flexibility index (Phi) is 6.67. The summed E-state index contributed by atoms with van der Waals surface area (Å²) in [6.45, 7) is 3.43. The van der Waals surface area contributed by atoms with Crippen molar-refractivity contribution in [3.05, 3.63) is 66.2 Å². The lowest BCUT2D eigenvalue weighted by Gasteiger charge is -2.23. The van der Waals surface area contributed by atoms with Gasteiger partial charge in [-0.1, -0.05) is 12.1 Å². The molecule has 168 valence electrons. The Morgan fingerprint density at radius 3 is 2.72 bits per heavy atom. The van der Waals surface area contributed by atoms with Crippen LogP contribution in [-0.4, -0.2) is 59.0 Å². The molecule has 3 N–H and O–H groups in total. The number of H-pyrrole nitrogens is 1. The van der Waals surface area contributed by atoms with Crippen LogP contribution < -0.4 is 15.1 Å². The number of benzene rings is 2. The summed E-state index contributed by atoms with van der Waals surface area (Å²) in [4.78, 5) is 2.08. The summed E-state index contributed by atoms with van der Waals surface area (Å²) < 4.78 is 19.2. The van der Waals surface area contributed by atoms with E-state index in [9.17, 15) is 9.50 Å². The minimum absolute atomic E-state index is 0.0353. The monoisotopic (exact) mass is 438 g/mol. The topological polar surface area (TPSA) is 89.0 Å². The van der Waals surface area contributed by atoms with E-state index in [4.69, 9.17) is 9.84 Å². The largest absolute Gasteiger partial charge is 0.497 e. The summed E-state index contributed by atoms with van der Waals surface area (Å²) >= 11 is 0. The third-order valence-electron chi connectivity index (χ3n) is 5.33. The number of amidine groups is 1. The Bertz CT molecular complexity index is 1050. The van der Waals surface area contributed by atoms with Crippen molar-refractivity contribution in [3.63, 3.8) is 0 Å².